The molecule has 0 amide bonds. The van der Waals surface area contributed by atoms with Gasteiger partial charge in [0, 0.05) is 11.7 Å². The summed E-state index contributed by atoms with van der Waals surface area (Å²) in [4.78, 5) is 0. The lowest BCUT2D eigenvalue weighted by Crippen LogP contribution is -2.07. The van der Waals surface area contributed by atoms with Crippen LogP contribution in [0.3, 0.4) is 0 Å². The molecule has 0 saturated carbocycles. The fourth-order valence-corrected chi connectivity index (χ4v) is 2.24. The van der Waals surface area contributed by atoms with Gasteiger partial charge in [0.15, 0.2) is 0 Å². The van der Waals surface area contributed by atoms with Crippen LogP contribution in [0.4, 0.5) is 5.69 Å². The third-order valence-corrected chi connectivity index (χ3v) is 3.18. The molecule has 0 spiro atoms. The second-order valence-corrected chi connectivity index (χ2v) is 5.15. The lowest BCUT2D eigenvalue weighted by molar-refractivity contribution is 0.880. The van der Waals surface area contributed by atoms with Crippen molar-refractivity contribution in [3.05, 3.63) is 64.7 Å². The quantitative estimate of drug-likeness (QED) is 0.812. The summed E-state index contributed by atoms with van der Waals surface area (Å²) >= 11 is 0. The van der Waals surface area contributed by atoms with E-state index in [-0.39, 0.29) is 0 Å². The SMILES string of the molecule is Cc1ccc(NC(C)c2cc(C)cc(C)c2)cc1. The summed E-state index contributed by atoms with van der Waals surface area (Å²) in [5, 5.41) is 3.54. The van der Waals surface area contributed by atoms with E-state index in [1.54, 1.807) is 0 Å². The van der Waals surface area contributed by atoms with Crippen LogP contribution in [0.15, 0.2) is 42.5 Å². The molecule has 1 heteroatoms. The largest absolute Gasteiger partial charge is 0.379 e. The Morgan fingerprint density at radius 2 is 1.33 bits per heavy atom. The maximum Gasteiger partial charge on any atom is 0.0485 e. The summed E-state index contributed by atoms with van der Waals surface area (Å²) < 4.78 is 0. The molecule has 1 atom stereocenters. The van der Waals surface area contributed by atoms with Crippen LogP contribution >= 0.6 is 0 Å². The minimum Gasteiger partial charge on any atom is -0.379 e. The molecule has 0 aliphatic heterocycles. The van der Waals surface area contributed by atoms with Crippen LogP contribution in [0.1, 0.15) is 35.2 Å². The van der Waals surface area contributed by atoms with Gasteiger partial charge >= 0.3 is 0 Å². The first-order valence-electron chi connectivity index (χ1n) is 6.46. The number of hydrogen-bond acceptors (Lipinski definition) is 1. The minimum absolute atomic E-state index is 0.325. The molecule has 1 unspecified atom stereocenters. The molecule has 2 aromatic carbocycles. The highest BCUT2D eigenvalue weighted by molar-refractivity contribution is 5.47. The molecule has 0 aliphatic rings. The molecule has 1 N–H and O–H groups in total. The van der Waals surface area contributed by atoms with E-state index in [0.29, 0.717) is 6.04 Å². The Hall–Kier alpha value is -1.76. The van der Waals surface area contributed by atoms with Gasteiger partial charge in [-0.3, -0.25) is 0 Å². The highest BCUT2D eigenvalue weighted by Gasteiger charge is 2.06. The maximum absolute atomic E-state index is 3.54. The molecular weight excluding hydrogens is 218 g/mol. The van der Waals surface area contributed by atoms with Crippen molar-refractivity contribution in [1.29, 1.82) is 0 Å². The molecule has 0 aliphatic carbocycles. The van der Waals surface area contributed by atoms with Crippen molar-refractivity contribution in [3.8, 4) is 0 Å². The Labute approximate surface area is 110 Å². The Morgan fingerprint density at radius 3 is 1.89 bits per heavy atom. The fourth-order valence-electron chi connectivity index (χ4n) is 2.24. The predicted octanol–water partition coefficient (Wildman–Crippen LogP) is 4.78. The first kappa shape index (κ1) is 12.7. The lowest BCUT2D eigenvalue weighted by Gasteiger charge is -2.17. The van der Waals surface area contributed by atoms with Gasteiger partial charge in [0.1, 0.15) is 0 Å². The van der Waals surface area contributed by atoms with E-state index >= 15 is 0 Å². The molecule has 2 rings (SSSR count). The number of nitrogens with one attached hydrogen (secondary N) is 1. The van der Waals surface area contributed by atoms with Crippen LogP contribution in [-0.4, -0.2) is 0 Å². The highest BCUT2D eigenvalue weighted by Crippen LogP contribution is 2.21. The van der Waals surface area contributed by atoms with Gasteiger partial charge in [-0.15, -0.1) is 0 Å². The number of rotatable bonds is 3. The monoisotopic (exact) mass is 239 g/mol. The van der Waals surface area contributed by atoms with Crippen molar-refractivity contribution in [2.45, 2.75) is 33.7 Å². The first-order chi connectivity index (χ1) is 8.54. The molecular formula is C17H21N. The molecule has 0 bridgehead atoms. The Bertz CT molecular complexity index is 506. The number of anilines is 1. The summed E-state index contributed by atoms with van der Waals surface area (Å²) in [7, 11) is 0. The lowest BCUT2D eigenvalue weighted by atomic mass is 10.0. The van der Waals surface area contributed by atoms with Gasteiger partial charge in [-0.05, 0) is 45.4 Å². The number of benzene rings is 2. The van der Waals surface area contributed by atoms with E-state index in [1.165, 1.54) is 27.9 Å². The molecule has 0 fully saturated rings. The predicted molar refractivity (Wildman–Crippen MR) is 79.1 cm³/mol. The molecule has 94 valence electrons. The normalized spacial score (nSPS) is 12.2. The zero-order valence-corrected chi connectivity index (χ0v) is 11.6. The molecule has 2 aromatic rings. The van der Waals surface area contributed by atoms with Crippen LogP contribution in [0.25, 0.3) is 0 Å². The van der Waals surface area contributed by atoms with Gasteiger partial charge in [-0.1, -0.05) is 47.0 Å². The minimum atomic E-state index is 0.325. The second-order valence-electron chi connectivity index (χ2n) is 5.15. The molecule has 1 nitrogen and oxygen atoms in total. The van der Waals surface area contributed by atoms with Crippen LogP contribution in [0, 0.1) is 20.8 Å². The third kappa shape index (κ3) is 3.13. The van der Waals surface area contributed by atoms with Crippen LogP contribution in [0.2, 0.25) is 0 Å². The first-order valence-corrected chi connectivity index (χ1v) is 6.46. The standard InChI is InChI=1S/C17H21N/c1-12-5-7-17(8-6-12)18-15(4)16-10-13(2)9-14(3)11-16/h5-11,15,18H,1-4H3. The zero-order chi connectivity index (χ0) is 13.1. The number of hydrogen-bond donors (Lipinski definition) is 1. The van der Waals surface area contributed by atoms with Crippen LogP contribution < -0.4 is 5.32 Å². The Balaban J connectivity index is 2.16. The fraction of sp³-hybridized carbons (Fsp3) is 0.294. The van der Waals surface area contributed by atoms with Gasteiger partial charge in [-0.2, -0.15) is 0 Å². The van der Waals surface area contributed by atoms with Crippen molar-refractivity contribution < 1.29 is 0 Å². The summed E-state index contributed by atoms with van der Waals surface area (Å²) in [5.74, 6) is 0. The van der Waals surface area contributed by atoms with Crippen LogP contribution in [0.5, 0.6) is 0 Å². The van der Waals surface area contributed by atoms with Crippen molar-refractivity contribution in [1.82, 2.24) is 0 Å². The van der Waals surface area contributed by atoms with Gasteiger partial charge in [0.05, 0.1) is 0 Å². The van der Waals surface area contributed by atoms with E-state index in [0.717, 1.165) is 0 Å². The third-order valence-electron chi connectivity index (χ3n) is 3.18. The topological polar surface area (TPSA) is 12.0 Å². The van der Waals surface area contributed by atoms with E-state index in [4.69, 9.17) is 0 Å². The average molecular weight is 239 g/mol. The summed E-state index contributed by atoms with van der Waals surface area (Å²) in [5.41, 5.74) is 6.45. The molecule has 0 saturated heterocycles. The van der Waals surface area contributed by atoms with Gasteiger partial charge < -0.3 is 5.32 Å². The smallest absolute Gasteiger partial charge is 0.0485 e. The van der Waals surface area contributed by atoms with Gasteiger partial charge in [-0.25, -0.2) is 0 Å². The van der Waals surface area contributed by atoms with E-state index in [9.17, 15) is 0 Å². The Kier molecular flexibility index (Phi) is 3.71. The average Bonchev–Trinajstić information content (AvgIpc) is 2.31. The summed E-state index contributed by atoms with van der Waals surface area (Å²) in [6, 6.07) is 15.6. The maximum atomic E-state index is 3.54. The number of aryl methyl sites for hydroxylation is 3. The van der Waals surface area contributed by atoms with Gasteiger partial charge in [0.2, 0.25) is 0 Å². The van der Waals surface area contributed by atoms with E-state index in [2.05, 4.69) is 75.5 Å². The van der Waals surface area contributed by atoms with Crippen LogP contribution in [-0.2, 0) is 0 Å². The van der Waals surface area contributed by atoms with E-state index in [1.807, 2.05) is 0 Å². The van der Waals surface area contributed by atoms with Gasteiger partial charge in [0.25, 0.3) is 0 Å². The molecule has 0 heterocycles. The zero-order valence-electron chi connectivity index (χ0n) is 11.6. The molecule has 18 heavy (non-hydrogen) atoms. The second kappa shape index (κ2) is 5.26. The molecule has 0 radical (unpaired) electrons. The summed E-state index contributed by atoms with van der Waals surface area (Å²) in [6.07, 6.45) is 0. The van der Waals surface area contributed by atoms with Crippen molar-refractivity contribution in [3.63, 3.8) is 0 Å². The van der Waals surface area contributed by atoms with E-state index < -0.39 is 0 Å². The van der Waals surface area contributed by atoms with Crippen molar-refractivity contribution in [2.75, 3.05) is 5.32 Å². The van der Waals surface area contributed by atoms with Crippen molar-refractivity contribution in [2.24, 2.45) is 0 Å². The highest BCUT2D eigenvalue weighted by atomic mass is 14.9. The molecule has 0 aromatic heterocycles. The Morgan fingerprint density at radius 1 is 0.778 bits per heavy atom. The van der Waals surface area contributed by atoms with Crippen molar-refractivity contribution >= 4 is 5.69 Å². The summed E-state index contributed by atoms with van der Waals surface area (Å²) in [6.45, 7) is 8.61.